The van der Waals surface area contributed by atoms with Gasteiger partial charge in [0.05, 0.1) is 5.60 Å². The summed E-state index contributed by atoms with van der Waals surface area (Å²) in [5, 5.41) is 6.60. The Hall–Kier alpha value is -0.0800. The highest BCUT2D eigenvalue weighted by Crippen LogP contribution is 2.04. The smallest absolute Gasteiger partial charge is 0.191 e. The lowest BCUT2D eigenvalue weighted by molar-refractivity contribution is 0.0268. The molecule has 0 aromatic carbocycles. The number of nitrogens with one attached hydrogen (secondary N) is 2. The lowest BCUT2D eigenvalue weighted by Gasteiger charge is -2.26. The highest BCUT2D eigenvalue weighted by molar-refractivity contribution is 14.0. The highest BCUT2D eigenvalue weighted by atomic mass is 127. The van der Waals surface area contributed by atoms with Gasteiger partial charge in [-0.05, 0) is 34.2 Å². The maximum atomic E-state index is 5.37. The molecule has 0 unspecified atom stereocenters. The zero-order valence-electron chi connectivity index (χ0n) is 14.1. The third-order valence-electron chi connectivity index (χ3n) is 3.29. The zero-order chi connectivity index (χ0) is 14.9. The summed E-state index contributed by atoms with van der Waals surface area (Å²) in [6.07, 6.45) is 0. The molecule has 0 heterocycles. The van der Waals surface area contributed by atoms with E-state index in [1.807, 2.05) is 13.8 Å². The van der Waals surface area contributed by atoms with E-state index in [1.54, 1.807) is 14.2 Å². The summed E-state index contributed by atoms with van der Waals surface area (Å²) in [5.74, 6) is 0.824. The second-order valence-electron chi connectivity index (χ2n) is 5.54. The summed E-state index contributed by atoms with van der Waals surface area (Å²) < 4.78 is 5.37. The number of nitrogens with zero attached hydrogens (tertiary/aromatic N) is 2. The number of methoxy groups -OCH3 is 1. The largest absolute Gasteiger partial charge is 0.377 e. The molecule has 5 nitrogen and oxygen atoms in total. The van der Waals surface area contributed by atoms with E-state index in [1.165, 1.54) is 0 Å². The molecule has 0 fully saturated rings. The van der Waals surface area contributed by atoms with Crippen molar-refractivity contribution in [1.82, 2.24) is 15.5 Å². The third-order valence-corrected chi connectivity index (χ3v) is 3.29. The van der Waals surface area contributed by atoms with Crippen LogP contribution in [0, 0.1) is 0 Å². The number of rotatable bonds is 8. The Labute approximate surface area is 141 Å². The van der Waals surface area contributed by atoms with E-state index in [0.29, 0.717) is 6.04 Å². The first kappa shape index (κ1) is 22.2. The summed E-state index contributed by atoms with van der Waals surface area (Å²) >= 11 is 0. The number of aliphatic imine (C=N–C) groups is 1. The monoisotopic (exact) mass is 400 g/mol. The molecule has 0 bridgehead atoms. The standard InChI is InChI=1S/C14H32N4O.HI/c1-8-18(12(2)3)10-9-16-13(15-6)17-11-14(4,5)19-7;/h12H,8-11H2,1-7H3,(H2,15,16,17);1H. The van der Waals surface area contributed by atoms with E-state index >= 15 is 0 Å². The molecule has 0 aliphatic heterocycles. The van der Waals surface area contributed by atoms with Crippen molar-refractivity contribution in [3.8, 4) is 0 Å². The van der Waals surface area contributed by atoms with Gasteiger partial charge in [0.25, 0.3) is 0 Å². The quantitative estimate of drug-likeness (QED) is 0.372. The van der Waals surface area contributed by atoms with Crippen LogP contribution in [-0.4, -0.2) is 62.8 Å². The molecule has 2 N–H and O–H groups in total. The Kier molecular flexibility index (Phi) is 12.8. The van der Waals surface area contributed by atoms with Gasteiger partial charge in [-0.15, -0.1) is 24.0 Å². The molecule has 0 saturated carbocycles. The third kappa shape index (κ3) is 9.77. The topological polar surface area (TPSA) is 48.9 Å². The number of halogens is 1. The first-order chi connectivity index (χ1) is 8.86. The molecule has 0 radical (unpaired) electrons. The van der Waals surface area contributed by atoms with Crippen LogP contribution in [0.2, 0.25) is 0 Å². The Morgan fingerprint density at radius 1 is 1.30 bits per heavy atom. The molecular formula is C14H33IN4O. The van der Waals surface area contributed by atoms with Crippen molar-refractivity contribution < 1.29 is 4.74 Å². The van der Waals surface area contributed by atoms with E-state index in [9.17, 15) is 0 Å². The van der Waals surface area contributed by atoms with E-state index < -0.39 is 0 Å². The fourth-order valence-corrected chi connectivity index (χ4v) is 1.69. The summed E-state index contributed by atoms with van der Waals surface area (Å²) in [7, 11) is 3.51. The lowest BCUT2D eigenvalue weighted by Crippen LogP contribution is -2.47. The van der Waals surface area contributed by atoms with Crippen LogP contribution in [0.1, 0.15) is 34.6 Å². The fourth-order valence-electron chi connectivity index (χ4n) is 1.69. The van der Waals surface area contributed by atoms with Crippen LogP contribution in [0.25, 0.3) is 0 Å². The van der Waals surface area contributed by atoms with Gasteiger partial charge in [-0.3, -0.25) is 9.89 Å². The van der Waals surface area contributed by atoms with E-state index in [0.717, 1.165) is 32.1 Å². The molecule has 122 valence electrons. The number of likely N-dealkylation sites (N-methyl/N-ethyl adjacent to an activating group) is 1. The van der Waals surface area contributed by atoms with Crippen molar-refractivity contribution in [1.29, 1.82) is 0 Å². The van der Waals surface area contributed by atoms with Crippen LogP contribution in [0.5, 0.6) is 0 Å². The minimum atomic E-state index is -0.189. The number of guanidine groups is 1. The second kappa shape index (κ2) is 11.6. The Bertz CT molecular complexity index is 270. The minimum absolute atomic E-state index is 0. The Morgan fingerprint density at radius 3 is 2.30 bits per heavy atom. The van der Waals surface area contributed by atoms with Gasteiger partial charge in [0.1, 0.15) is 0 Å². The van der Waals surface area contributed by atoms with Crippen molar-refractivity contribution in [3.05, 3.63) is 0 Å². The zero-order valence-corrected chi connectivity index (χ0v) is 16.4. The van der Waals surface area contributed by atoms with Gasteiger partial charge in [-0.25, -0.2) is 0 Å². The van der Waals surface area contributed by atoms with Crippen LogP contribution in [0.4, 0.5) is 0 Å². The SMILES string of the molecule is CCN(CCNC(=NC)NCC(C)(C)OC)C(C)C.I. The second-order valence-corrected chi connectivity index (χ2v) is 5.54. The van der Waals surface area contributed by atoms with Crippen LogP contribution in [0.15, 0.2) is 4.99 Å². The molecule has 0 aliphatic rings. The van der Waals surface area contributed by atoms with Crippen LogP contribution in [-0.2, 0) is 4.74 Å². The number of hydrogen-bond donors (Lipinski definition) is 2. The number of ether oxygens (including phenoxy) is 1. The molecule has 0 saturated heterocycles. The average molecular weight is 400 g/mol. The molecule has 0 spiro atoms. The molecular weight excluding hydrogens is 367 g/mol. The summed E-state index contributed by atoms with van der Waals surface area (Å²) in [6.45, 7) is 14.4. The summed E-state index contributed by atoms with van der Waals surface area (Å²) in [4.78, 5) is 6.63. The molecule has 20 heavy (non-hydrogen) atoms. The predicted molar refractivity (Wildman–Crippen MR) is 98.3 cm³/mol. The van der Waals surface area contributed by atoms with Crippen LogP contribution < -0.4 is 10.6 Å². The van der Waals surface area contributed by atoms with Crippen LogP contribution >= 0.6 is 24.0 Å². The first-order valence-electron chi connectivity index (χ1n) is 7.10. The molecule has 0 aromatic rings. The average Bonchev–Trinajstić information content (AvgIpc) is 2.37. The molecule has 0 amide bonds. The highest BCUT2D eigenvalue weighted by Gasteiger charge is 2.16. The van der Waals surface area contributed by atoms with E-state index in [4.69, 9.17) is 4.74 Å². The maximum absolute atomic E-state index is 5.37. The molecule has 0 aromatic heterocycles. The minimum Gasteiger partial charge on any atom is -0.377 e. The normalized spacial score (nSPS) is 12.6. The lowest BCUT2D eigenvalue weighted by atomic mass is 10.1. The number of hydrogen-bond acceptors (Lipinski definition) is 3. The van der Waals surface area contributed by atoms with Crippen molar-refractivity contribution in [2.75, 3.05) is 40.3 Å². The van der Waals surface area contributed by atoms with Gasteiger partial charge in [0.15, 0.2) is 5.96 Å². The fraction of sp³-hybridized carbons (Fsp3) is 0.929. The molecule has 0 atom stereocenters. The first-order valence-corrected chi connectivity index (χ1v) is 7.10. The van der Waals surface area contributed by atoms with E-state index in [2.05, 4.69) is 41.3 Å². The predicted octanol–water partition coefficient (Wildman–Crippen LogP) is 1.92. The van der Waals surface area contributed by atoms with Gasteiger partial charge >= 0.3 is 0 Å². The van der Waals surface area contributed by atoms with Crippen molar-refractivity contribution in [2.45, 2.75) is 46.3 Å². The van der Waals surface area contributed by atoms with Crippen LogP contribution in [0.3, 0.4) is 0 Å². The molecule has 0 rings (SSSR count). The van der Waals surface area contributed by atoms with E-state index in [-0.39, 0.29) is 29.6 Å². The molecule has 0 aliphatic carbocycles. The van der Waals surface area contributed by atoms with Gasteiger partial charge < -0.3 is 15.4 Å². The Balaban J connectivity index is 0. The maximum Gasteiger partial charge on any atom is 0.191 e. The van der Waals surface area contributed by atoms with Gasteiger partial charge in [0, 0.05) is 39.8 Å². The van der Waals surface area contributed by atoms with Crippen molar-refractivity contribution >= 4 is 29.9 Å². The van der Waals surface area contributed by atoms with Crippen molar-refractivity contribution in [2.24, 2.45) is 4.99 Å². The van der Waals surface area contributed by atoms with Gasteiger partial charge in [-0.2, -0.15) is 0 Å². The summed E-state index contributed by atoms with van der Waals surface area (Å²) in [5.41, 5.74) is -0.189. The summed E-state index contributed by atoms with van der Waals surface area (Å²) in [6, 6.07) is 0.578. The van der Waals surface area contributed by atoms with Gasteiger partial charge in [-0.1, -0.05) is 6.92 Å². The molecule has 6 heteroatoms. The Morgan fingerprint density at radius 2 is 1.90 bits per heavy atom. The van der Waals surface area contributed by atoms with Crippen molar-refractivity contribution in [3.63, 3.8) is 0 Å². The van der Waals surface area contributed by atoms with Gasteiger partial charge in [0.2, 0.25) is 0 Å².